The van der Waals surface area contributed by atoms with Gasteiger partial charge < -0.3 is 4.42 Å². The minimum absolute atomic E-state index is 0.500. The van der Waals surface area contributed by atoms with Gasteiger partial charge >= 0.3 is 0 Å². The minimum atomic E-state index is 0.500. The third-order valence-corrected chi connectivity index (χ3v) is 6.33. The van der Waals surface area contributed by atoms with Gasteiger partial charge in [0.25, 0.3) is 0 Å². The van der Waals surface area contributed by atoms with Crippen LogP contribution in [-0.4, -0.2) is 4.98 Å². The maximum atomic E-state index is 9.91. The summed E-state index contributed by atoms with van der Waals surface area (Å²) in [7, 11) is 2.03. The highest BCUT2D eigenvalue weighted by molar-refractivity contribution is 6.12. The second-order valence-electron chi connectivity index (χ2n) is 8.33. The lowest BCUT2D eigenvalue weighted by molar-refractivity contribution is -0.660. The normalized spacial score (nSPS) is 11.3. The SMILES string of the molecule is Cc1ccc2c(oc3c(-c4ccc5ccccc5c4)c(C#N)cnc32)c1-c1cccc[n+]1C. The fourth-order valence-electron chi connectivity index (χ4n) is 4.68. The Morgan fingerprint density at radius 3 is 2.52 bits per heavy atom. The number of nitriles is 1. The van der Waals surface area contributed by atoms with E-state index in [0.29, 0.717) is 11.1 Å². The van der Waals surface area contributed by atoms with Gasteiger partial charge in [-0.05, 0) is 47.0 Å². The molecule has 0 aliphatic rings. The zero-order valence-corrected chi connectivity index (χ0v) is 18.3. The number of benzene rings is 3. The molecule has 6 aromatic rings. The van der Waals surface area contributed by atoms with Gasteiger partial charge in [-0.15, -0.1) is 0 Å². The summed E-state index contributed by atoms with van der Waals surface area (Å²) in [5.41, 5.74) is 7.65. The van der Waals surface area contributed by atoms with Crippen molar-refractivity contribution in [3.63, 3.8) is 0 Å². The second kappa shape index (κ2) is 7.29. The van der Waals surface area contributed by atoms with E-state index >= 15 is 0 Å². The summed E-state index contributed by atoms with van der Waals surface area (Å²) in [4.78, 5) is 4.65. The lowest BCUT2D eigenvalue weighted by atomic mass is 9.97. The summed E-state index contributed by atoms with van der Waals surface area (Å²) < 4.78 is 8.68. The summed E-state index contributed by atoms with van der Waals surface area (Å²) in [5, 5.41) is 13.1. The van der Waals surface area contributed by atoms with Crippen molar-refractivity contribution >= 4 is 32.8 Å². The highest BCUT2D eigenvalue weighted by atomic mass is 16.3. The molecule has 0 fully saturated rings. The molecule has 0 bridgehead atoms. The third kappa shape index (κ3) is 2.90. The second-order valence-corrected chi connectivity index (χ2v) is 8.33. The topological polar surface area (TPSA) is 53.7 Å². The summed E-state index contributed by atoms with van der Waals surface area (Å²) in [6.45, 7) is 2.09. The van der Waals surface area contributed by atoms with E-state index in [1.165, 1.54) is 0 Å². The minimum Gasteiger partial charge on any atom is -0.453 e. The first-order valence-electron chi connectivity index (χ1n) is 10.8. The zero-order valence-electron chi connectivity index (χ0n) is 18.3. The Morgan fingerprint density at radius 1 is 0.879 bits per heavy atom. The van der Waals surface area contributed by atoms with E-state index in [-0.39, 0.29) is 0 Å². The molecule has 3 aromatic carbocycles. The largest absolute Gasteiger partial charge is 0.453 e. The highest BCUT2D eigenvalue weighted by Gasteiger charge is 2.23. The molecule has 6 rings (SSSR count). The van der Waals surface area contributed by atoms with Crippen LogP contribution < -0.4 is 4.57 Å². The standard InChI is InChI=1S/C29H20N3O/c1-18-10-13-23-27-29(33-28(23)25(18)24-9-5-6-14-32(24)2)26(22(16-30)17-31-27)21-12-11-19-7-3-4-8-20(19)15-21/h3-15,17H,1-2H3/q+1. The number of aromatic nitrogens is 2. The molecule has 0 saturated carbocycles. The molecule has 0 amide bonds. The summed E-state index contributed by atoms with van der Waals surface area (Å²) in [6, 6.07) is 27.1. The third-order valence-electron chi connectivity index (χ3n) is 6.33. The fourth-order valence-corrected chi connectivity index (χ4v) is 4.68. The molecule has 3 aromatic heterocycles. The molecule has 0 aliphatic heterocycles. The predicted molar refractivity (Wildman–Crippen MR) is 131 cm³/mol. The van der Waals surface area contributed by atoms with Crippen molar-refractivity contribution in [2.24, 2.45) is 7.05 Å². The van der Waals surface area contributed by atoms with Crippen LogP contribution in [0.3, 0.4) is 0 Å². The Balaban J connectivity index is 1.72. The van der Waals surface area contributed by atoms with Gasteiger partial charge in [0.2, 0.25) is 5.69 Å². The summed E-state index contributed by atoms with van der Waals surface area (Å²) in [5.74, 6) is 0. The number of pyridine rings is 2. The van der Waals surface area contributed by atoms with E-state index < -0.39 is 0 Å². The Hall–Kier alpha value is -4.49. The summed E-state index contributed by atoms with van der Waals surface area (Å²) in [6.07, 6.45) is 3.69. The molecule has 0 unspecified atom stereocenters. The van der Waals surface area contributed by atoms with Gasteiger partial charge in [-0.25, -0.2) is 4.57 Å². The maximum Gasteiger partial charge on any atom is 0.216 e. The van der Waals surface area contributed by atoms with Crippen molar-refractivity contribution in [2.75, 3.05) is 0 Å². The van der Waals surface area contributed by atoms with Crippen molar-refractivity contribution in [3.05, 3.63) is 96.3 Å². The number of rotatable bonds is 2. The van der Waals surface area contributed by atoms with Gasteiger partial charge in [0.1, 0.15) is 18.6 Å². The van der Waals surface area contributed by atoms with E-state index in [1.54, 1.807) is 6.20 Å². The Kier molecular flexibility index (Phi) is 4.24. The van der Waals surface area contributed by atoms with Crippen molar-refractivity contribution in [3.8, 4) is 28.5 Å². The number of nitrogens with zero attached hydrogens (tertiary/aromatic N) is 3. The lowest BCUT2D eigenvalue weighted by Gasteiger charge is -2.07. The molecule has 4 nitrogen and oxygen atoms in total. The van der Waals surface area contributed by atoms with Crippen LogP contribution in [0.5, 0.6) is 0 Å². The van der Waals surface area contributed by atoms with Crippen molar-refractivity contribution < 1.29 is 8.98 Å². The molecule has 0 N–H and O–H groups in total. The maximum absolute atomic E-state index is 9.91. The fraction of sp³-hybridized carbons (Fsp3) is 0.0690. The van der Waals surface area contributed by atoms with Crippen LogP contribution in [-0.2, 0) is 7.05 Å². The van der Waals surface area contributed by atoms with Crippen LogP contribution in [0.25, 0.3) is 55.2 Å². The monoisotopic (exact) mass is 426 g/mol. The Labute approximate surface area is 191 Å². The van der Waals surface area contributed by atoms with Crippen LogP contribution in [0.2, 0.25) is 0 Å². The molecule has 156 valence electrons. The van der Waals surface area contributed by atoms with E-state index in [4.69, 9.17) is 4.42 Å². The average molecular weight is 426 g/mol. The van der Waals surface area contributed by atoms with E-state index in [9.17, 15) is 5.26 Å². The number of aryl methyl sites for hydroxylation is 2. The molecule has 3 heterocycles. The number of fused-ring (bicyclic) bond motifs is 4. The van der Waals surface area contributed by atoms with Gasteiger partial charge in [0, 0.05) is 29.3 Å². The smallest absolute Gasteiger partial charge is 0.216 e. The van der Waals surface area contributed by atoms with Gasteiger partial charge in [-0.1, -0.05) is 42.5 Å². The van der Waals surface area contributed by atoms with E-state index in [1.807, 2.05) is 37.5 Å². The molecule has 0 aliphatic carbocycles. The Bertz CT molecular complexity index is 1760. The molecule has 0 saturated heterocycles. The van der Waals surface area contributed by atoms with Crippen LogP contribution in [0, 0.1) is 18.3 Å². The quantitative estimate of drug-likeness (QED) is 0.298. The van der Waals surface area contributed by atoms with Crippen LogP contribution in [0.15, 0.2) is 89.6 Å². The van der Waals surface area contributed by atoms with Crippen LogP contribution in [0.1, 0.15) is 11.1 Å². The molecule has 0 spiro atoms. The summed E-state index contributed by atoms with van der Waals surface area (Å²) >= 11 is 0. The number of furan rings is 1. The van der Waals surface area contributed by atoms with Crippen molar-refractivity contribution in [1.82, 2.24) is 4.98 Å². The van der Waals surface area contributed by atoms with Crippen LogP contribution >= 0.6 is 0 Å². The molecule has 4 heteroatoms. The van der Waals surface area contributed by atoms with Crippen LogP contribution in [0.4, 0.5) is 0 Å². The molecule has 33 heavy (non-hydrogen) atoms. The van der Waals surface area contributed by atoms with Gasteiger partial charge in [-0.2, -0.15) is 5.26 Å². The van der Waals surface area contributed by atoms with Crippen molar-refractivity contribution in [1.29, 1.82) is 5.26 Å². The first kappa shape index (κ1) is 19.2. The molecule has 0 radical (unpaired) electrons. The van der Waals surface area contributed by atoms with Crippen molar-refractivity contribution in [2.45, 2.75) is 6.92 Å². The first-order valence-corrected chi connectivity index (χ1v) is 10.8. The first-order chi connectivity index (χ1) is 16.2. The van der Waals surface area contributed by atoms with Gasteiger partial charge in [0.05, 0.1) is 11.1 Å². The Morgan fingerprint density at radius 2 is 1.70 bits per heavy atom. The number of hydrogen-bond acceptors (Lipinski definition) is 3. The van der Waals surface area contributed by atoms with E-state index in [0.717, 1.165) is 55.2 Å². The molecular weight excluding hydrogens is 406 g/mol. The molecule has 0 atom stereocenters. The highest BCUT2D eigenvalue weighted by Crippen LogP contribution is 2.41. The average Bonchev–Trinajstić information content (AvgIpc) is 3.22. The van der Waals surface area contributed by atoms with Gasteiger partial charge in [-0.3, -0.25) is 4.98 Å². The number of hydrogen-bond donors (Lipinski definition) is 0. The lowest BCUT2D eigenvalue weighted by Crippen LogP contribution is -2.30. The molecular formula is C29H20N3O+. The predicted octanol–water partition coefficient (Wildman–Crippen LogP) is 6.47. The zero-order chi connectivity index (χ0) is 22.5. The van der Waals surface area contributed by atoms with Gasteiger partial charge in [0.15, 0.2) is 17.4 Å². The van der Waals surface area contributed by atoms with E-state index in [2.05, 4.69) is 71.1 Å².